The Kier molecular flexibility index (Phi) is 8.24. The molecule has 0 spiro atoms. The number of hydrogen-bond acceptors (Lipinski definition) is 5. The molecular weight excluding hydrogens is 476 g/mol. The normalized spacial score (nSPS) is 10.8. The van der Waals surface area contributed by atoms with E-state index in [-0.39, 0.29) is 12.8 Å². The van der Waals surface area contributed by atoms with Crippen molar-refractivity contribution in [2.24, 2.45) is 0 Å². The van der Waals surface area contributed by atoms with Crippen LogP contribution in [0.1, 0.15) is 30.5 Å². The van der Waals surface area contributed by atoms with E-state index in [1.807, 2.05) is 74.5 Å². The van der Waals surface area contributed by atoms with Gasteiger partial charge in [-0.2, -0.15) is 0 Å². The number of rotatable bonds is 9. The highest BCUT2D eigenvalue weighted by molar-refractivity contribution is 6.31. The molecule has 0 saturated carbocycles. The predicted octanol–water partition coefficient (Wildman–Crippen LogP) is 6.75. The van der Waals surface area contributed by atoms with Crippen LogP contribution in [0.4, 0.5) is 0 Å². The lowest BCUT2D eigenvalue weighted by atomic mass is 10.0. The zero-order valence-corrected chi connectivity index (χ0v) is 21.0. The molecule has 36 heavy (non-hydrogen) atoms. The summed E-state index contributed by atoms with van der Waals surface area (Å²) in [6, 6.07) is 23.9. The lowest BCUT2D eigenvalue weighted by Gasteiger charge is -2.21. The zero-order chi connectivity index (χ0) is 25.5. The van der Waals surface area contributed by atoms with Gasteiger partial charge in [0.1, 0.15) is 5.75 Å². The highest BCUT2D eigenvalue weighted by atomic mass is 35.5. The third-order valence-electron chi connectivity index (χ3n) is 5.68. The number of halogens is 1. The lowest BCUT2D eigenvalue weighted by molar-refractivity contribution is -0.134. The molecule has 0 fully saturated rings. The fraction of sp³-hybridized carbons (Fsp3) is 0.200. The summed E-state index contributed by atoms with van der Waals surface area (Å²) < 4.78 is 17.8. The van der Waals surface area contributed by atoms with Crippen molar-refractivity contribution < 1.29 is 23.8 Å². The molecule has 0 heterocycles. The van der Waals surface area contributed by atoms with Crippen LogP contribution in [0.3, 0.4) is 0 Å². The first-order chi connectivity index (χ1) is 17.5. The Bertz CT molecular complexity index is 1370. The van der Waals surface area contributed by atoms with Gasteiger partial charge in [0.2, 0.25) is 0 Å². The van der Waals surface area contributed by atoms with Crippen molar-refractivity contribution in [3.63, 3.8) is 0 Å². The molecule has 0 radical (unpaired) electrons. The molecular formula is C30H27ClO5. The molecule has 5 nitrogen and oxygen atoms in total. The average molecular weight is 503 g/mol. The molecule has 6 heteroatoms. The van der Waals surface area contributed by atoms with Crippen LogP contribution in [-0.4, -0.2) is 18.5 Å². The van der Waals surface area contributed by atoms with Crippen LogP contribution in [0.25, 0.3) is 10.8 Å². The smallest absolute Gasteiger partial charge is 0.315 e. The monoisotopic (exact) mass is 502 g/mol. The standard InChI is InChI=1S/C30H27ClO5/c1-3-23-28(35-26(32)17-20-11-7-5-8-12-20)25-19-22(31)15-16-24(25)30(29(23)34-4-2)36-27(33)18-21-13-9-6-10-14-21/h5-16,19H,3-4,17-18H2,1-2H3. The number of ether oxygens (including phenoxy) is 3. The van der Waals surface area contributed by atoms with Gasteiger partial charge in [0.05, 0.1) is 19.4 Å². The van der Waals surface area contributed by atoms with E-state index in [0.29, 0.717) is 51.6 Å². The van der Waals surface area contributed by atoms with Crippen LogP contribution in [-0.2, 0) is 28.9 Å². The number of benzene rings is 4. The number of hydrogen-bond donors (Lipinski definition) is 0. The third-order valence-corrected chi connectivity index (χ3v) is 5.92. The largest absolute Gasteiger partial charge is 0.489 e. The maximum Gasteiger partial charge on any atom is 0.315 e. The molecule has 0 atom stereocenters. The lowest BCUT2D eigenvalue weighted by Crippen LogP contribution is -2.16. The fourth-order valence-corrected chi connectivity index (χ4v) is 4.26. The Morgan fingerprint density at radius 1 is 0.694 bits per heavy atom. The Morgan fingerprint density at radius 3 is 1.78 bits per heavy atom. The molecule has 0 N–H and O–H groups in total. The summed E-state index contributed by atoms with van der Waals surface area (Å²) in [6.45, 7) is 4.12. The number of fused-ring (bicyclic) bond motifs is 1. The van der Waals surface area contributed by atoms with E-state index >= 15 is 0 Å². The Morgan fingerprint density at radius 2 is 1.25 bits per heavy atom. The first kappa shape index (κ1) is 25.3. The van der Waals surface area contributed by atoms with Crippen molar-refractivity contribution in [3.8, 4) is 17.2 Å². The molecule has 0 amide bonds. The van der Waals surface area contributed by atoms with Crippen molar-refractivity contribution >= 4 is 34.3 Å². The molecule has 4 aromatic rings. The molecule has 184 valence electrons. The van der Waals surface area contributed by atoms with E-state index in [9.17, 15) is 9.59 Å². The maximum atomic E-state index is 12.9. The van der Waals surface area contributed by atoms with Crippen molar-refractivity contribution in [2.45, 2.75) is 33.1 Å². The van der Waals surface area contributed by atoms with Crippen LogP contribution >= 0.6 is 11.6 Å². The van der Waals surface area contributed by atoms with Gasteiger partial charge in [-0.3, -0.25) is 9.59 Å². The van der Waals surface area contributed by atoms with Gasteiger partial charge in [-0.05, 0) is 42.7 Å². The summed E-state index contributed by atoms with van der Waals surface area (Å²) in [5.41, 5.74) is 2.32. The van der Waals surface area contributed by atoms with Gasteiger partial charge in [-0.25, -0.2) is 0 Å². The third kappa shape index (κ3) is 5.86. The first-order valence-electron chi connectivity index (χ1n) is 11.9. The van der Waals surface area contributed by atoms with Crippen LogP contribution in [0.5, 0.6) is 17.2 Å². The van der Waals surface area contributed by atoms with Crippen molar-refractivity contribution in [1.29, 1.82) is 0 Å². The minimum Gasteiger partial charge on any atom is -0.489 e. The van der Waals surface area contributed by atoms with E-state index in [1.54, 1.807) is 18.2 Å². The molecule has 0 bridgehead atoms. The molecule has 0 saturated heterocycles. The van der Waals surface area contributed by atoms with Gasteiger partial charge < -0.3 is 14.2 Å². The second-order valence-corrected chi connectivity index (χ2v) is 8.65. The maximum absolute atomic E-state index is 12.9. The predicted molar refractivity (Wildman–Crippen MR) is 141 cm³/mol. The van der Waals surface area contributed by atoms with Gasteiger partial charge in [0.25, 0.3) is 0 Å². The summed E-state index contributed by atoms with van der Waals surface area (Å²) in [5.74, 6) is 0.216. The van der Waals surface area contributed by atoms with Crippen LogP contribution in [0.15, 0.2) is 78.9 Å². The minimum atomic E-state index is -0.422. The summed E-state index contributed by atoms with van der Waals surface area (Å²) in [6.07, 6.45) is 0.704. The molecule has 4 rings (SSSR count). The molecule has 0 aliphatic rings. The van der Waals surface area contributed by atoms with Crippen LogP contribution in [0.2, 0.25) is 5.02 Å². The van der Waals surface area contributed by atoms with Gasteiger partial charge in [-0.1, -0.05) is 79.2 Å². The SMILES string of the molecule is CCOc1c(CC)c(OC(=O)Cc2ccccc2)c2cc(Cl)ccc2c1OC(=O)Cc1ccccc1. The highest BCUT2D eigenvalue weighted by Crippen LogP contribution is 2.47. The van der Waals surface area contributed by atoms with Crippen molar-refractivity contribution in [3.05, 3.63) is 101 Å². The Hall–Kier alpha value is -3.83. The zero-order valence-electron chi connectivity index (χ0n) is 20.3. The second kappa shape index (κ2) is 11.7. The minimum absolute atomic E-state index is 0.108. The molecule has 0 unspecified atom stereocenters. The van der Waals surface area contributed by atoms with E-state index in [1.165, 1.54) is 0 Å². The molecule has 4 aromatic carbocycles. The van der Waals surface area contributed by atoms with E-state index < -0.39 is 11.9 Å². The molecule has 0 aliphatic carbocycles. The van der Waals surface area contributed by atoms with Gasteiger partial charge in [0, 0.05) is 21.4 Å². The highest BCUT2D eigenvalue weighted by Gasteiger charge is 2.25. The summed E-state index contributed by atoms with van der Waals surface area (Å²) in [5, 5.41) is 1.62. The van der Waals surface area contributed by atoms with Crippen molar-refractivity contribution in [2.75, 3.05) is 6.61 Å². The Labute approximate surface area is 215 Å². The Balaban J connectivity index is 1.78. The topological polar surface area (TPSA) is 61.8 Å². The summed E-state index contributed by atoms with van der Waals surface area (Å²) in [7, 11) is 0. The quantitative estimate of drug-likeness (QED) is 0.187. The van der Waals surface area contributed by atoms with Crippen LogP contribution < -0.4 is 14.2 Å². The first-order valence-corrected chi connectivity index (χ1v) is 12.3. The fourth-order valence-electron chi connectivity index (χ4n) is 4.09. The van der Waals surface area contributed by atoms with E-state index in [0.717, 1.165) is 11.1 Å². The summed E-state index contributed by atoms with van der Waals surface area (Å²) >= 11 is 6.34. The number of esters is 2. The number of carbonyl (C=O) groups is 2. The molecule has 0 aliphatic heterocycles. The summed E-state index contributed by atoms with van der Waals surface area (Å²) in [4.78, 5) is 25.9. The molecule has 0 aromatic heterocycles. The van der Waals surface area contributed by atoms with E-state index in [4.69, 9.17) is 25.8 Å². The average Bonchev–Trinajstić information content (AvgIpc) is 2.87. The van der Waals surface area contributed by atoms with Crippen LogP contribution in [0, 0.1) is 0 Å². The van der Waals surface area contributed by atoms with Crippen molar-refractivity contribution in [1.82, 2.24) is 0 Å². The van der Waals surface area contributed by atoms with Gasteiger partial charge in [0.15, 0.2) is 11.5 Å². The number of carbonyl (C=O) groups excluding carboxylic acids is 2. The van der Waals surface area contributed by atoms with E-state index in [2.05, 4.69) is 0 Å². The van der Waals surface area contributed by atoms with Gasteiger partial charge >= 0.3 is 11.9 Å². The van der Waals surface area contributed by atoms with Gasteiger partial charge in [-0.15, -0.1) is 0 Å². The second-order valence-electron chi connectivity index (χ2n) is 8.22.